The average Bonchev–Trinajstić information content (AvgIpc) is 2.36. The van der Waals surface area contributed by atoms with Gasteiger partial charge >= 0.3 is 5.97 Å². The van der Waals surface area contributed by atoms with Gasteiger partial charge in [-0.2, -0.15) is 0 Å². The second-order valence-corrected chi connectivity index (χ2v) is 4.37. The summed E-state index contributed by atoms with van der Waals surface area (Å²) in [6, 6.07) is 0. The van der Waals surface area contributed by atoms with Crippen molar-refractivity contribution in [3.05, 3.63) is 12.7 Å². The summed E-state index contributed by atoms with van der Waals surface area (Å²) in [7, 11) is 0. The van der Waals surface area contributed by atoms with E-state index < -0.39 is 12.1 Å². The third-order valence-electron chi connectivity index (χ3n) is 3.09. The Balaban J connectivity index is 0. The molecule has 0 rings (SSSR count). The van der Waals surface area contributed by atoms with Gasteiger partial charge in [-0.3, -0.25) is 0 Å². The number of carbonyl (C=O) groups is 1. The minimum Gasteiger partial charge on any atom is -1.00 e. The lowest BCUT2D eigenvalue weighted by atomic mass is 10.2. The van der Waals surface area contributed by atoms with E-state index in [2.05, 4.69) is 20.4 Å². The zero-order valence-electron chi connectivity index (χ0n) is 11.1. The van der Waals surface area contributed by atoms with Gasteiger partial charge in [0, 0.05) is 6.08 Å². The van der Waals surface area contributed by atoms with Gasteiger partial charge in [0.1, 0.15) is 25.8 Å². The molecule has 18 heavy (non-hydrogen) atoms. The van der Waals surface area contributed by atoms with E-state index >= 15 is 0 Å². The van der Waals surface area contributed by atoms with Gasteiger partial charge in [0.2, 0.25) is 0 Å². The Hall–Kier alpha value is -0.290. The molecule has 0 saturated heterocycles. The van der Waals surface area contributed by atoms with Gasteiger partial charge in [-0.1, -0.05) is 6.58 Å². The molecule has 0 aliphatic heterocycles. The van der Waals surface area contributed by atoms with Gasteiger partial charge in [-0.05, 0) is 13.8 Å². The molecule has 0 bridgehead atoms. The molecule has 108 valence electrons. The number of hydrogen-bond acceptors (Lipinski definition) is 3. The highest BCUT2D eigenvalue weighted by atomic mass is 35.5. The quantitative estimate of drug-likeness (QED) is 0.236. The molecule has 0 fully saturated rings. The largest absolute Gasteiger partial charge is 1.00 e. The zero-order chi connectivity index (χ0) is 13.3. The second-order valence-electron chi connectivity index (χ2n) is 4.06. The van der Waals surface area contributed by atoms with Crippen LogP contribution in [-0.4, -0.2) is 60.3 Å². The van der Waals surface area contributed by atoms with Crippen molar-refractivity contribution in [1.82, 2.24) is 0 Å². The number of rotatable bonds is 9. The van der Waals surface area contributed by atoms with Crippen molar-refractivity contribution in [2.45, 2.75) is 20.0 Å². The molecular formula is C12H23Cl2NO3. The number of alkyl halides is 1. The molecule has 0 aliphatic carbocycles. The summed E-state index contributed by atoms with van der Waals surface area (Å²) in [5.74, 6) is -0.180. The fraction of sp³-hybridized carbons (Fsp3) is 0.750. The standard InChI is InChI=1S/C12H23ClNO3.ClH/c1-4-12(16)17-8-7-14(5-2,6-3)10-11(15)9-13;/h4,11,15H,1,5-10H2,2-3H3;1H/q+1;/p-1. The number of halogens is 2. The maximum atomic E-state index is 10.9. The Labute approximate surface area is 121 Å². The maximum absolute atomic E-state index is 10.9. The second kappa shape index (κ2) is 10.6. The number of hydrogen-bond donors (Lipinski definition) is 1. The highest BCUT2D eigenvalue weighted by molar-refractivity contribution is 6.18. The van der Waals surface area contributed by atoms with Crippen molar-refractivity contribution < 1.29 is 31.5 Å². The lowest BCUT2D eigenvalue weighted by Crippen LogP contribution is -3.00. The molecule has 0 aromatic heterocycles. The highest BCUT2D eigenvalue weighted by Crippen LogP contribution is 2.09. The molecule has 0 amide bonds. The number of aliphatic hydroxyl groups is 1. The monoisotopic (exact) mass is 299 g/mol. The van der Waals surface area contributed by atoms with Crippen LogP contribution in [0.4, 0.5) is 0 Å². The van der Waals surface area contributed by atoms with Crippen LogP contribution >= 0.6 is 11.6 Å². The molecule has 0 heterocycles. The summed E-state index contributed by atoms with van der Waals surface area (Å²) < 4.78 is 5.67. The normalized spacial score (nSPS) is 12.4. The molecule has 1 N–H and O–H groups in total. The van der Waals surface area contributed by atoms with Gasteiger partial charge < -0.3 is 26.7 Å². The third-order valence-corrected chi connectivity index (χ3v) is 3.45. The van der Waals surface area contributed by atoms with E-state index in [9.17, 15) is 9.90 Å². The third kappa shape index (κ3) is 7.21. The van der Waals surface area contributed by atoms with Crippen LogP contribution in [0.15, 0.2) is 12.7 Å². The molecule has 0 spiro atoms. The van der Waals surface area contributed by atoms with Gasteiger partial charge in [-0.15, -0.1) is 11.6 Å². The zero-order valence-corrected chi connectivity index (χ0v) is 12.6. The lowest BCUT2D eigenvalue weighted by molar-refractivity contribution is -0.927. The lowest BCUT2D eigenvalue weighted by Gasteiger charge is -2.37. The fourth-order valence-electron chi connectivity index (χ4n) is 1.78. The molecule has 0 saturated carbocycles. The molecule has 0 aromatic rings. The Bertz CT molecular complexity index is 245. The Morgan fingerprint density at radius 2 is 2.06 bits per heavy atom. The molecule has 0 aromatic carbocycles. The summed E-state index contributed by atoms with van der Waals surface area (Å²) in [6.07, 6.45) is 0.631. The van der Waals surface area contributed by atoms with E-state index in [0.29, 0.717) is 24.2 Å². The number of ether oxygens (including phenoxy) is 1. The van der Waals surface area contributed by atoms with Crippen molar-refractivity contribution in [3.63, 3.8) is 0 Å². The van der Waals surface area contributed by atoms with Crippen molar-refractivity contribution in [1.29, 1.82) is 0 Å². The molecule has 1 unspecified atom stereocenters. The van der Waals surface area contributed by atoms with Crippen LogP contribution in [0.25, 0.3) is 0 Å². The molecule has 0 aliphatic rings. The number of nitrogens with zero attached hydrogens (tertiary/aromatic N) is 1. The maximum Gasteiger partial charge on any atom is 0.330 e. The van der Waals surface area contributed by atoms with Crippen LogP contribution in [0, 0.1) is 0 Å². The van der Waals surface area contributed by atoms with Crippen LogP contribution in [-0.2, 0) is 9.53 Å². The minimum absolute atomic E-state index is 0. The summed E-state index contributed by atoms with van der Waals surface area (Å²) in [6.45, 7) is 10.8. The van der Waals surface area contributed by atoms with Crippen LogP contribution in [0.3, 0.4) is 0 Å². The first-order valence-corrected chi connectivity index (χ1v) is 6.45. The molecule has 6 heteroatoms. The SMILES string of the molecule is C=CC(=O)OCC[N+](CC)(CC)CC(O)CCl.[Cl-]. The van der Waals surface area contributed by atoms with E-state index in [1.807, 2.05) is 0 Å². The average molecular weight is 300 g/mol. The van der Waals surface area contributed by atoms with Crippen LogP contribution in [0.1, 0.15) is 13.8 Å². The first kappa shape index (κ1) is 20.0. The number of quaternary nitrogens is 1. The summed E-state index contributed by atoms with van der Waals surface area (Å²) >= 11 is 5.62. The number of esters is 1. The molecular weight excluding hydrogens is 277 g/mol. The Morgan fingerprint density at radius 3 is 2.44 bits per heavy atom. The summed E-state index contributed by atoms with van der Waals surface area (Å²) in [5.41, 5.74) is 0. The van der Waals surface area contributed by atoms with E-state index in [1.165, 1.54) is 0 Å². The highest BCUT2D eigenvalue weighted by Gasteiger charge is 2.26. The predicted octanol–water partition coefficient (Wildman–Crippen LogP) is -1.82. The fourth-order valence-corrected chi connectivity index (χ4v) is 1.88. The first-order valence-electron chi connectivity index (χ1n) is 5.91. The molecule has 0 radical (unpaired) electrons. The van der Waals surface area contributed by atoms with Crippen molar-refractivity contribution in [3.8, 4) is 0 Å². The van der Waals surface area contributed by atoms with Crippen LogP contribution < -0.4 is 12.4 Å². The van der Waals surface area contributed by atoms with Gasteiger partial charge in [0.05, 0.1) is 19.0 Å². The first-order chi connectivity index (χ1) is 8.03. The predicted molar refractivity (Wildman–Crippen MR) is 69.0 cm³/mol. The van der Waals surface area contributed by atoms with Gasteiger partial charge in [0.15, 0.2) is 0 Å². The Kier molecular flexibility index (Phi) is 11.8. The van der Waals surface area contributed by atoms with E-state index in [0.717, 1.165) is 19.2 Å². The summed E-state index contributed by atoms with van der Waals surface area (Å²) in [4.78, 5) is 10.9. The van der Waals surface area contributed by atoms with Crippen molar-refractivity contribution in [2.75, 3.05) is 38.7 Å². The molecule has 1 atom stereocenters. The topological polar surface area (TPSA) is 46.5 Å². The van der Waals surface area contributed by atoms with Crippen LogP contribution in [0.5, 0.6) is 0 Å². The Morgan fingerprint density at radius 1 is 1.50 bits per heavy atom. The smallest absolute Gasteiger partial charge is 0.330 e. The van der Waals surface area contributed by atoms with Gasteiger partial charge in [0.25, 0.3) is 0 Å². The van der Waals surface area contributed by atoms with Crippen LogP contribution in [0.2, 0.25) is 0 Å². The molecule has 4 nitrogen and oxygen atoms in total. The number of aliphatic hydroxyl groups excluding tert-OH is 1. The van der Waals surface area contributed by atoms with Crippen molar-refractivity contribution in [2.24, 2.45) is 0 Å². The minimum atomic E-state index is -0.522. The van der Waals surface area contributed by atoms with Crippen molar-refractivity contribution >= 4 is 17.6 Å². The number of likely N-dealkylation sites (N-methyl/N-ethyl adjacent to an activating group) is 1. The summed E-state index contributed by atoms with van der Waals surface area (Å²) in [5, 5.41) is 9.64. The van der Waals surface area contributed by atoms with E-state index in [-0.39, 0.29) is 18.3 Å². The van der Waals surface area contributed by atoms with E-state index in [4.69, 9.17) is 16.3 Å². The number of carbonyl (C=O) groups excluding carboxylic acids is 1. The van der Waals surface area contributed by atoms with Gasteiger partial charge in [-0.25, -0.2) is 4.79 Å². The van der Waals surface area contributed by atoms with E-state index in [1.54, 1.807) is 0 Å².